The number of nitro groups is 1. The Balaban J connectivity index is 2.82. The van der Waals surface area contributed by atoms with Crippen molar-refractivity contribution in [2.45, 2.75) is 13.0 Å². The highest BCUT2D eigenvalue weighted by molar-refractivity contribution is 5.48. The maximum absolute atomic E-state index is 10.3. The van der Waals surface area contributed by atoms with Gasteiger partial charge in [0.1, 0.15) is 0 Å². The fraction of sp³-hybridized carbons (Fsp3) is 0.222. The highest BCUT2D eigenvalue weighted by atomic mass is 16.6. The Hall–Kier alpha value is -1.91. The fourth-order valence-corrected chi connectivity index (χ4v) is 1.08. The predicted octanol–water partition coefficient (Wildman–Crippen LogP) is 1.40. The summed E-state index contributed by atoms with van der Waals surface area (Å²) in [7, 11) is 0. The summed E-state index contributed by atoms with van der Waals surface area (Å²) in [5.41, 5.74) is 0.884. The van der Waals surface area contributed by atoms with Crippen LogP contribution in [0.2, 0.25) is 0 Å². The van der Waals surface area contributed by atoms with Gasteiger partial charge in [-0.25, -0.2) is 0 Å². The Bertz CT molecular complexity index is 334. The van der Waals surface area contributed by atoms with Crippen LogP contribution >= 0.6 is 0 Å². The summed E-state index contributed by atoms with van der Waals surface area (Å²) in [6.07, 6.45) is 0.603. The van der Waals surface area contributed by atoms with Gasteiger partial charge >= 0.3 is 0 Å². The Morgan fingerprint density at radius 2 is 2.00 bits per heavy atom. The first-order valence-corrected chi connectivity index (χ1v) is 4.09. The first kappa shape index (κ1) is 10.2. The second kappa shape index (κ2) is 4.36. The molecule has 0 aliphatic rings. The number of carbonyl (C=O) groups excluding carboxylic acids is 1. The van der Waals surface area contributed by atoms with E-state index < -0.39 is 4.92 Å². The minimum Gasteiger partial charge on any atom is -0.352 e. The van der Waals surface area contributed by atoms with E-state index >= 15 is 0 Å². The lowest BCUT2D eigenvalue weighted by Gasteiger charge is -2.09. The number of amides is 1. The van der Waals surface area contributed by atoms with E-state index in [9.17, 15) is 14.9 Å². The molecule has 5 nitrogen and oxygen atoms in total. The van der Waals surface area contributed by atoms with Gasteiger partial charge in [0.05, 0.1) is 11.0 Å². The molecule has 1 amide bonds. The van der Waals surface area contributed by atoms with Gasteiger partial charge in [0, 0.05) is 12.1 Å². The van der Waals surface area contributed by atoms with E-state index in [1.807, 2.05) is 0 Å². The molecule has 0 aliphatic heterocycles. The van der Waals surface area contributed by atoms with Crippen molar-refractivity contribution in [3.63, 3.8) is 0 Å². The summed E-state index contributed by atoms with van der Waals surface area (Å²) in [4.78, 5) is 20.0. The zero-order valence-electron chi connectivity index (χ0n) is 7.64. The minimum atomic E-state index is -0.457. The van der Waals surface area contributed by atoms with Crippen LogP contribution in [0.25, 0.3) is 0 Å². The lowest BCUT2D eigenvalue weighted by molar-refractivity contribution is -0.384. The molecule has 0 bridgehead atoms. The lowest BCUT2D eigenvalue weighted by Crippen LogP contribution is -2.15. The van der Waals surface area contributed by atoms with E-state index in [-0.39, 0.29) is 11.7 Å². The molecule has 1 rings (SSSR count). The fourth-order valence-electron chi connectivity index (χ4n) is 1.08. The van der Waals surface area contributed by atoms with Crippen molar-refractivity contribution < 1.29 is 9.72 Å². The molecule has 14 heavy (non-hydrogen) atoms. The molecule has 1 unspecified atom stereocenters. The second-order valence-corrected chi connectivity index (χ2v) is 2.85. The topological polar surface area (TPSA) is 72.2 Å². The number of nitro benzene ring substituents is 1. The molecular formula is C9H10N2O3. The van der Waals surface area contributed by atoms with Crippen molar-refractivity contribution in [2.24, 2.45) is 0 Å². The van der Waals surface area contributed by atoms with Crippen LogP contribution < -0.4 is 5.32 Å². The van der Waals surface area contributed by atoms with Gasteiger partial charge < -0.3 is 5.32 Å². The molecule has 0 spiro atoms. The molecule has 0 fully saturated rings. The monoisotopic (exact) mass is 194 g/mol. The SMILES string of the molecule is CC(NC=O)c1ccc([N+](=O)[O-])cc1. The number of hydrogen-bond donors (Lipinski definition) is 1. The molecule has 1 aromatic carbocycles. The smallest absolute Gasteiger partial charge is 0.269 e. The van der Waals surface area contributed by atoms with Crippen LogP contribution in [-0.2, 0) is 4.79 Å². The first-order chi connectivity index (χ1) is 6.65. The van der Waals surface area contributed by atoms with Crippen molar-refractivity contribution in [1.82, 2.24) is 5.32 Å². The van der Waals surface area contributed by atoms with Crippen LogP contribution in [0.3, 0.4) is 0 Å². The molecule has 0 aromatic heterocycles. The highest BCUT2D eigenvalue weighted by Crippen LogP contribution is 2.16. The number of non-ortho nitro benzene ring substituents is 1. The summed E-state index contributed by atoms with van der Waals surface area (Å²) < 4.78 is 0. The molecule has 0 saturated carbocycles. The summed E-state index contributed by atoms with van der Waals surface area (Å²) in [5, 5.41) is 12.9. The van der Waals surface area contributed by atoms with E-state index in [1.54, 1.807) is 19.1 Å². The van der Waals surface area contributed by atoms with Gasteiger partial charge in [-0.3, -0.25) is 14.9 Å². The lowest BCUT2D eigenvalue weighted by atomic mass is 10.1. The van der Waals surface area contributed by atoms with Gasteiger partial charge in [-0.2, -0.15) is 0 Å². The molecule has 5 heteroatoms. The largest absolute Gasteiger partial charge is 0.352 e. The van der Waals surface area contributed by atoms with E-state index in [0.29, 0.717) is 6.41 Å². The van der Waals surface area contributed by atoms with Crippen LogP contribution in [-0.4, -0.2) is 11.3 Å². The zero-order chi connectivity index (χ0) is 10.6. The van der Waals surface area contributed by atoms with Crippen LogP contribution in [0, 0.1) is 10.1 Å². The third-order valence-corrected chi connectivity index (χ3v) is 1.92. The molecule has 0 saturated heterocycles. The molecule has 1 N–H and O–H groups in total. The maximum atomic E-state index is 10.3. The summed E-state index contributed by atoms with van der Waals surface area (Å²) in [6.45, 7) is 1.80. The van der Waals surface area contributed by atoms with Crippen molar-refractivity contribution in [2.75, 3.05) is 0 Å². The van der Waals surface area contributed by atoms with Gasteiger partial charge in [-0.1, -0.05) is 12.1 Å². The molecule has 1 aromatic rings. The number of rotatable bonds is 4. The molecule has 1 atom stereocenters. The molecule has 0 aliphatic carbocycles. The number of nitrogens with zero attached hydrogens (tertiary/aromatic N) is 1. The van der Waals surface area contributed by atoms with Gasteiger partial charge in [0.2, 0.25) is 6.41 Å². The number of benzene rings is 1. The third kappa shape index (κ3) is 2.29. The van der Waals surface area contributed by atoms with E-state index in [4.69, 9.17) is 0 Å². The van der Waals surface area contributed by atoms with E-state index in [1.165, 1.54) is 12.1 Å². The highest BCUT2D eigenvalue weighted by Gasteiger charge is 2.07. The van der Waals surface area contributed by atoms with Crippen molar-refractivity contribution in [1.29, 1.82) is 0 Å². The van der Waals surface area contributed by atoms with Gasteiger partial charge in [0.25, 0.3) is 5.69 Å². The Morgan fingerprint density at radius 1 is 1.43 bits per heavy atom. The Kier molecular flexibility index (Phi) is 3.17. The Labute approximate surface area is 80.9 Å². The van der Waals surface area contributed by atoms with Crippen molar-refractivity contribution in [3.8, 4) is 0 Å². The molecular weight excluding hydrogens is 184 g/mol. The zero-order valence-corrected chi connectivity index (χ0v) is 7.64. The summed E-state index contributed by atoms with van der Waals surface area (Å²) in [5.74, 6) is 0. The molecule has 74 valence electrons. The third-order valence-electron chi connectivity index (χ3n) is 1.92. The second-order valence-electron chi connectivity index (χ2n) is 2.85. The molecule has 0 heterocycles. The van der Waals surface area contributed by atoms with Crippen LogP contribution in [0.1, 0.15) is 18.5 Å². The van der Waals surface area contributed by atoms with E-state index in [2.05, 4.69) is 5.32 Å². The van der Waals surface area contributed by atoms with Crippen LogP contribution in [0.4, 0.5) is 5.69 Å². The predicted molar refractivity (Wildman–Crippen MR) is 50.7 cm³/mol. The van der Waals surface area contributed by atoms with Crippen molar-refractivity contribution in [3.05, 3.63) is 39.9 Å². The quantitative estimate of drug-likeness (QED) is 0.447. The maximum Gasteiger partial charge on any atom is 0.269 e. The Morgan fingerprint density at radius 3 is 2.43 bits per heavy atom. The van der Waals surface area contributed by atoms with Crippen molar-refractivity contribution >= 4 is 12.1 Å². The minimum absolute atomic E-state index is 0.0482. The standard InChI is InChI=1S/C9H10N2O3/c1-7(10-6-12)8-2-4-9(5-3-8)11(13)14/h2-7H,1H3,(H,10,12). The average molecular weight is 194 g/mol. The first-order valence-electron chi connectivity index (χ1n) is 4.09. The number of hydrogen-bond acceptors (Lipinski definition) is 3. The summed E-state index contributed by atoms with van der Waals surface area (Å²) in [6, 6.07) is 5.95. The number of carbonyl (C=O) groups is 1. The summed E-state index contributed by atoms with van der Waals surface area (Å²) >= 11 is 0. The van der Waals surface area contributed by atoms with E-state index in [0.717, 1.165) is 5.56 Å². The van der Waals surface area contributed by atoms with Gasteiger partial charge in [-0.05, 0) is 12.5 Å². The normalized spacial score (nSPS) is 11.8. The molecule has 0 radical (unpaired) electrons. The van der Waals surface area contributed by atoms with Gasteiger partial charge in [0.15, 0.2) is 0 Å². The number of nitrogens with one attached hydrogen (secondary N) is 1. The van der Waals surface area contributed by atoms with Gasteiger partial charge in [-0.15, -0.1) is 0 Å². The van der Waals surface area contributed by atoms with Crippen LogP contribution in [0.15, 0.2) is 24.3 Å². The average Bonchev–Trinajstić information content (AvgIpc) is 2.18. The van der Waals surface area contributed by atoms with Crippen LogP contribution in [0.5, 0.6) is 0 Å².